The van der Waals surface area contributed by atoms with Crippen molar-refractivity contribution in [2.24, 2.45) is 0 Å². The third kappa shape index (κ3) is 5.44. The summed E-state index contributed by atoms with van der Waals surface area (Å²) in [5.74, 6) is 0. The molecule has 0 saturated heterocycles. The van der Waals surface area contributed by atoms with Crippen LogP contribution in [-0.4, -0.2) is 44.2 Å². The van der Waals surface area contributed by atoms with E-state index in [4.69, 9.17) is 9.72 Å². The van der Waals surface area contributed by atoms with E-state index in [2.05, 4.69) is 31.2 Å². The number of aryl methyl sites for hydroxylation is 1. The van der Waals surface area contributed by atoms with Crippen molar-refractivity contribution in [3.63, 3.8) is 0 Å². The monoisotopic (exact) mass is 271 g/mol. The van der Waals surface area contributed by atoms with E-state index < -0.39 is 0 Å². The van der Waals surface area contributed by atoms with Gasteiger partial charge < -0.3 is 15.0 Å². The lowest BCUT2D eigenvalue weighted by atomic mass is 10.2. The van der Waals surface area contributed by atoms with Gasteiger partial charge in [-0.1, -0.05) is 13.3 Å². The van der Waals surface area contributed by atoms with Gasteiger partial charge in [-0.2, -0.15) is 0 Å². The first-order chi connectivity index (χ1) is 8.67. The highest BCUT2D eigenvalue weighted by molar-refractivity contribution is 7.11. The van der Waals surface area contributed by atoms with Crippen molar-refractivity contribution in [3.8, 4) is 0 Å². The second-order valence-electron chi connectivity index (χ2n) is 4.63. The smallest absolute Gasteiger partial charge is 0.107 e. The number of hydrogen-bond donors (Lipinski definition) is 1. The van der Waals surface area contributed by atoms with Crippen molar-refractivity contribution >= 4 is 11.3 Å². The van der Waals surface area contributed by atoms with Crippen molar-refractivity contribution < 1.29 is 4.74 Å². The molecule has 0 radical (unpaired) electrons. The van der Waals surface area contributed by atoms with Gasteiger partial charge in [0.05, 0.1) is 12.3 Å². The lowest BCUT2D eigenvalue weighted by molar-refractivity contribution is 0.199. The van der Waals surface area contributed by atoms with E-state index in [1.165, 1.54) is 15.6 Å². The van der Waals surface area contributed by atoms with Gasteiger partial charge in [0.25, 0.3) is 0 Å². The fourth-order valence-corrected chi connectivity index (χ4v) is 2.92. The van der Waals surface area contributed by atoms with Gasteiger partial charge in [0.2, 0.25) is 0 Å². The number of hydrogen-bond acceptors (Lipinski definition) is 5. The number of nitrogens with zero attached hydrogens (tertiary/aromatic N) is 2. The van der Waals surface area contributed by atoms with E-state index >= 15 is 0 Å². The zero-order valence-electron chi connectivity index (χ0n) is 12.0. The lowest BCUT2D eigenvalue weighted by Gasteiger charge is -2.05. The Hall–Kier alpha value is -0.490. The highest BCUT2D eigenvalue weighted by Gasteiger charge is 2.10. The van der Waals surface area contributed by atoms with E-state index in [0.717, 1.165) is 39.1 Å². The Balaban J connectivity index is 2.59. The molecule has 0 saturated carbocycles. The summed E-state index contributed by atoms with van der Waals surface area (Å²) in [5.41, 5.74) is 1.27. The van der Waals surface area contributed by atoms with E-state index in [-0.39, 0.29) is 0 Å². The topological polar surface area (TPSA) is 37.4 Å². The Bertz CT molecular complexity index is 339. The summed E-state index contributed by atoms with van der Waals surface area (Å²) in [6.45, 7) is 5.69. The summed E-state index contributed by atoms with van der Waals surface area (Å²) in [6.07, 6.45) is 2.22. The summed E-state index contributed by atoms with van der Waals surface area (Å²) >= 11 is 1.83. The Morgan fingerprint density at radius 2 is 2.17 bits per heavy atom. The lowest BCUT2D eigenvalue weighted by Crippen LogP contribution is -2.18. The zero-order chi connectivity index (χ0) is 13.4. The molecule has 0 aliphatic carbocycles. The van der Waals surface area contributed by atoms with E-state index in [1.54, 1.807) is 7.11 Å². The first-order valence-electron chi connectivity index (χ1n) is 6.49. The summed E-state index contributed by atoms with van der Waals surface area (Å²) in [4.78, 5) is 8.29. The summed E-state index contributed by atoms with van der Waals surface area (Å²) < 4.78 is 5.03. The van der Waals surface area contributed by atoms with Crippen LogP contribution < -0.4 is 5.32 Å². The zero-order valence-corrected chi connectivity index (χ0v) is 12.8. The molecule has 0 spiro atoms. The molecule has 1 aromatic heterocycles. The Morgan fingerprint density at radius 1 is 1.39 bits per heavy atom. The van der Waals surface area contributed by atoms with Crippen molar-refractivity contribution in [2.75, 3.05) is 34.4 Å². The van der Waals surface area contributed by atoms with Crippen molar-refractivity contribution in [3.05, 3.63) is 15.6 Å². The standard InChI is InChI=1S/C13H25N3OS/c1-5-6-11-12(9-14-7-8-17-4)18-13(15-11)10-16(2)3/h14H,5-10H2,1-4H3. The van der Waals surface area contributed by atoms with E-state index in [0.29, 0.717) is 0 Å². The van der Waals surface area contributed by atoms with Crippen molar-refractivity contribution in [1.82, 2.24) is 15.2 Å². The summed E-state index contributed by atoms with van der Waals surface area (Å²) in [7, 11) is 5.89. The Morgan fingerprint density at radius 3 is 2.78 bits per heavy atom. The normalized spacial score (nSPS) is 11.4. The molecule has 0 aliphatic rings. The molecule has 0 atom stereocenters. The van der Waals surface area contributed by atoms with Crippen LogP contribution >= 0.6 is 11.3 Å². The average molecular weight is 271 g/mol. The van der Waals surface area contributed by atoms with Crippen LogP contribution in [0, 0.1) is 0 Å². The molecule has 0 aromatic carbocycles. The third-order valence-corrected chi connectivity index (χ3v) is 3.61. The van der Waals surface area contributed by atoms with Crippen LogP contribution in [0.3, 0.4) is 0 Å². The second-order valence-corrected chi connectivity index (χ2v) is 5.80. The highest BCUT2D eigenvalue weighted by Crippen LogP contribution is 2.20. The van der Waals surface area contributed by atoms with Gasteiger partial charge in [0.1, 0.15) is 5.01 Å². The average Bonchev–Trinajstić information content (AvgIpc) is 2.66. The van der Waals surface area contributed by atoms with Crippen LogP contribution in [0.15, 0.2) is 0 Å². The SMILES string of the molecule is CCCc1nc(CN(C)C)sc1CNCCOC. The minimum Gasteiger partial charge on any atom is -0.383 e. The quantitative estimate of drug-likeness (QED) is 0.696. The maximum Gasteiger partial charge on any atom is 0.107 e. The van der Waals surface area contributed by atoms with Gasteiger partial charge in [-0.05, 0) is 20.5 Å². The number of thiazole rings is 1. The highest BCUT2D eigenvalue weighted by atomic mass is 32.1. The predicted octanol–water partition coefficient (Wildman–Crippen LogP) is 1.89. The molecule has 1 aromatic rings. The number of ether oxygens (including phenoxy) is 1. The van der Waals surface area contributed by atoms with Gasteiger partial charge in [-0.15, -0.1) is 11.3 Å². The van der Waals surface area contributed by atoms with Crippen molar-refractivity contribution in [2.45, 2.75) is 32.9 Å². The van der Waals surface area contributed by atoms with Crippen LogP contribution in [0.2, 0.25) is 0 Å². The molecule has 18 heavy (non-hydrogen) atoms. The predicted molar refractivity (Wildman–Crippen MR) is 77.1 cm³/mol. The molecule has 0 bridgehead atoms. The van der Waals surface area contributed by atoms with Crippen molar-refractivity contribution in [1.29, 1.82) is 0 Å². The van der Waals surface area contributed by atoms with Crippen LogP contribution in [0.25, 0.3) is 0 Å². The summed E-state index contributed by atoms with van der Waals surface area (Å²) in [5, 5.41) is 4.61. The molecule has 4 nitrogen and oxygen atoms in total. The van der Waals surface area contributed by atoms with Crippen LogP contribution in [0.1, 0.15) is 28.9 Å². The third-order valence-electron chi connectivity index (χ3n) is 2.53. The molecular weight excluding hydrogens is 246 g/mol. The van der Waals surface area contributed by atoms with Gasteiger partial charge in [0.15, 0.2) is 0 Å². The largest absolute Gasteiger partial charge is 0.383 e. The molecule has 1 rings (SSSR count). The minimum absolute atomic E-state index is 0.756. The molecule has 104 valence electrons. The molecule has 0 aliphatic heterocycles. The Kier molecular flexibility index (Phi) is 7.42. The van der Waals surface area contributed by atoms with Gasteiger partial charge in [-0.3, -0.25) is 0 Å². The molecule has 0 fully saturated rings. The molecule has 1 N–H and O–H groups in total. The maximum absolute atomic E-state index is 5.03. The van der Waals surface area contributed by atoms with E-state index in [9.17, 15) is 0 Å². The number of methoxy groups -OCH3 is 1. The van der Waals surface area contributed by atoms with Gasteiger partial charge in [-0.25, -0.2) is 4.98 Å². The fraction of sp³-hybridized carbons (Fsp3) is 0.769. The van der Waals surface area contributed by atoms with Crippen LogP contribution in [-0.2, 0) is 24.2 Å². The molecule has 0 unspecified atom stereocenters. The van der Waals surface area contributed by atoms with Crippen LogP contribution in [0.4, 0.5) is 0 Å². The summed E-state index contributed by atoms with van der Waals surface area (Å²) in [6, 6.07) is 0. The number of aromatic nitrogens is 1. The van der Waals surface area contributed by atoms with Gasteiger partial charge in [0, 0.05) is 31.6 Å². The maximum atomic E-state index is 5.03. The number of rotatable bonds is 9. The van der Waals surface area contributed by atoms with Crippen LogP contribution in [0.5, 0.6) is 0 Å². The second kappa shape index (κ2) is 8.58. The fourth-order valence-electron chi connectivity index (χ4n) is 1.72. The Labute approximate surface area is 114 Å². The molecular formula is C13H25N3OS. The van der Waals surface area contributed by atoms with E-state index in [1.807, 2.05) is 11.3 Å². The minimum atomic E-state index is 0.756. The van der Waals surface area contributed by atoms with Gasteiger partial charge >= 0.3 is 0 Å². The molecule has 1 heterocycles. The first-order valence-corrected chi connectivity index (χ1v) is 7.30. The molecule has 5 heteroatoms. The number of nitrogens with one attached hydrogen (secondary N) is 1. The first kappa shape index (κ1) is 15.6. The molecule has 0 amide bonds.